The fourth-order valence-corrected chi connectivity index (χ4v) is 1.80. The first-order valence-corrected chi connectivity index (χ1v) is 5.50. The minimum Gasteiger partial charge on any atom is -0.356 e. The van der Waals surface area contributed by atoms with Crippen LogP contribution < -0.4 is 4.87 Å². The molecule has 0 saturated carbocycles. The first kappa shape index (κ1) is 10.1. The van der Waals surface area contributed by atoms with Crippen molar-refractivity contribution < 1.29 is 4.74 Å². The quantitative estimate of drug-likeness (QED) is 0.791. The van der Waals surface area contributed by atoms with Crippen LogP contribution in [0.25, 0.3) is 0 Å². The molecule has 1 aromatic carbocycles. The fourth-order valence-electron chi connectivity index (χ4n) is 1.22. The van der Waals surface area contributed by atoms with Gasteiger partial charge in [-0.1, -0.05) is 41.7 Å². The van der Waals surface area contributed by atoms with Crippen molar-refractivity contribution in [2.24, 2.45) is 0 Å². The number of aromatic nitrogens is 1. The molecule has 0 spiro atoms. The van der Waals surface area contributed by atoms with E-state index in [0.717, 1.165) is 5.56 Å². The topological polar surface area (TPSA) is 31.2 Å². The van der Waals surface area contributed by atoms with E-state index in [0.29, 0.717) is 13.3 Å². The molecule has 0 atom stereocenters. The third-order valence-electron chi connectivity index (χ3n) is 1.99. The Balaban J connectivity index is 1.86. The van der Waals surface area contributed by atoms with Crippen LogP contribution in [0.2, 0.25) is 0 Å². The van der Waals surface area contributed by atoms with E-state index in [9.17, 15) is 4.79 Å². The predicted molar refractivity (Wildman–Crippen MR) is 59.8 cm³/mol. The highest BCUT2D eigenvalue weighted by Crippen LogP contribution is 2.01. The van der Waals surface area contributed by atoms with Crippen molar-refractivity contribution in [1.29, 1.82) is 0 Å². The summed E-state index contributed by atoms with van der Waals surface area (Å²) < 4.78 is 6.96. The van der Waals surface area contributed by atoms with E-state index >= 15 is 0 Å². The van der Waals surface area contributed by atoms with Gasteiger partial charge in [0.25, 0.3) is 0 Å². The maximum Gasteiger partial charge on any atom is 0.308 e. The van der Waals surface area contributed by atoms with Crippen molar-refractivity contribution in [2.75, 3.05) is 0 Å². The Kier molecular flexibility index (Phi) is 3.32. The minimum absolute atomic E-state index is 0.0167. The summed E-state index contributed by atoms with van der Waals surface area (Å²) in [5, 5.41) is 1.76. The van der Waals surface area contributed by atoms with Gasteiger partial charge in [0.15, 0.2) is 0 Å². The lowest BCUT2D eigenvalue weighted by atomic mass is 10.2. The van der Waals surface area contributed by atoms with Crippen LogP contribution in [0, 0.1) is 0 Å². The Morgan fingerprint density at radius 2 is 2.07 bits per heavy atom. The van der Waals surface area contributed by atoms with Crippen molar-refractivity contribution in [3.8, 4) is 0 Å². The Bertz CT molecular complexity index is 461. The lowest BCUT2D eigenvalue weighted by Gasteiger charge is -2.03. The van der Waals surface area contributed by atoms with Crippen molar-refractivity contribution in [1.82, 2.24) is 4.57 Å². The summed E-state index contributed by atoms with van der Waals surface area (Å²) in [5.74, 6) is 0. The van der Waals surface area contributed by atoms with E-state index in [2.05, 4.69) is 0 Å². The molecule has 0 radical (unpaired) electrons. The standard InChI is InChI=1S/C11H11NO2S/c13-11-12(6-7-15-11)9-14-8-10-4-2-1-3-5-10/h1-7H,8-9H2. The van der Waals surface area contributed by atoms with Crippen LogP contribution >= 0.6 is 11.3 Å². The van der Waals surface area contributed by atoms with Gasteiger partial charge >= 0.3 is 4.87 Å². The van der Waals surface area contributed by atoms with Crippen LogP contribution in [0.1, 0.15) is 5.56 Å². The normalized spacial score (nSPS) is 10.4. The molecule has 15 heavy (non-hydrogen) atoms. The molecule has 0 unspecified atom stereocenters. The van der Waals surface area contributed by atoms with Gasteiger partial charge in [-0.15, -0.1) is 0 Å². The zero-order valence-electron chi connectivity index (χ0n) is 8.13. The third kappa shape index (κ3) is 2.78. The molecule has 0 bridgehead atoms. The first-order valence-electron chi connectivity index (χ1n) is 4.62. The highest BCUT2D eigenvalue weighted by atomic mass is 32.1. The van der Waals surface area contributed by atoms with E-state index in [-0.39, 0.29) is 4.87 Å². The molecule has 1 heterocycles. The highest BCUT2D eigenvalue weighted by Gasteiger charge is 1.96. The number of hydrogen-bond donors (Lipinski definition) is 0. The molecule has 0 fully saturated rings. The van der Waals surface area contributed by atoms with Crippen LogP contribution in [-0.4, -0.2) is 4.57 Å². The van der Waals surface area contributed by atoms with E-state index in [1.165, 1.54) is 11.3 Å². The van der Waals surface area contributed by atoms with Gasteiger partial charge in [0.2, 0.25) is 0 Å². The summed E-state index contributed by atoms with van der Waals surface area (Å²) in [6, 6.07) is 9.89. The molecule has 1 aromatic heterocycles. The van der Waals surface area contributed by atoms with Crippen LogP contribution in [0.5, 0.6) is 0 Å². The summed E-state index contributed by atoms with van der Waals surface area (Å²) >= 11 is 1.18. The Morgan fingerprint density at radius 1 is 1.27 bits per heavy atom. The van der Waals surface area contributed by atoms with Gasteiger partial charge in [-0.2, -0.15) is 0 Å². The van der Waals surface area contributed by atoms with Crippen molar-refractivity contribution in [2.45, 2.75) is 13.3 Å². The zero-order chi connectivity index (χ0) is 10.5. The molecule has 0 amide bonds. The molecular weight excluding hydrogens is 210 g/mol. The Morgan fingerprint density at radius 3 is 2.73 bits per heavy atom. The zero-order valence-corrected chi connectivity index (χ0v) is 8.94. The molecule has 0 aliphatic rings. The van der Waals surface area contributed by atoms with Gasteiger partial charge in [0.05, 0.1) is 6.61 Å². The van der Waals surface area contributed by atoms with Gasteiger partial charge in [-0.25, -0.2) is 0 Å². The minimum atomic E-state index is 0.0167. The summed E-state index contributed by atoms with van der Waals surface area (Å²) in [6.07, 6.45) is 1.73. The van der Waals surface area contributed by atoms with Crippen LogP contribution in [0.4, 0.5) is 0 Å². The fraction of sp³-hybridized carbons (Fsp3) is 0.182. The Labute approximate surface area is 91.6 Å². The molecule has 78 valence electrons. The molecule has 2 rings (SSSR count). The average Bonchev–Trinajstić information content (AvgIpc) is 2.66. The maximum absolute atomic E-state index is 11.2. The van der Waals surface area contributed by atoms with Crippen LogP contribution in [0.3, 0.4) is 0 Å². The van der Waals surface area contributed by atoms with Gasteiger partial charge in [-0.05, 0) is 5.56 Å². The lowest BCUT2D eigenvalue weighted by Crippen LogP contribution is -2.13. The molecule has 4 heteroatoms. The third-order valence-corrected chi connectivity index (χ3v) is 2.68. The monoisotopic (exact) mass is 221 g/mol. The lowest BCUT2D eigenvalue weighted by molar-refractivity contribution is 0.0628. The van der Waals surface area contributed by atoms with Crippen molar-refractivity contribution in [3.05, 3.63) is 57.1 Å². The largest absolute Gasteiger partial charge is 0.356 e. The Hall–Kier alpha value is -1.39. The molecule has 0 aliphatic carbocycles. The molecule has 0 aliphatic heterocycles. The number of nitrogens with zero attached hydrogens (tertiary/aromatic N) is 1. The number of rotatable bonds is 4. The second-order valence-electron chi connectivity index (χ2n) is 3.10. The van der Waals surface area contributed by atoms with Crippen molar-refractivity contribution >= 4 is 11.3 Å². The molecule has 2 aromatic rings. The molecular formula is C11H11NO2S. The number of thiazole rings is 1. The summed E-state index contributed by atoms with van der Waals surface area (Å²) in [4.78, 5) is 11.2. The van der Waals surface area contributed by atoms with Crippen LogP contribution in [0.15, 0.2) is 46.7 Å². The second kappa shape index (κ2) is 4.91. The maximum atomic E-state index is 11.2. The highest BCUT2D eigenvalue weighted by molar-refractivity contribution is 7.07. The van der Waals surface area contributed by atoms with E-state index < -0.39 is 0 Å². The van der Waals surface area contributed by atoms with E-state index in [4.69, 9.17) is 4.74 Å². The second-order valence-corrected chi connectivity index (χ2v) is 3.96. The first-order chi connectivity index (χ1) is 7.36. The van der Waals surface area contributed by atoms with E-state index in [1.807, 2.05) is 30.3 Å². The predicted octanol–water partition coefficient (Wildman–Crippen LogP) is 2.08. The summed E-state index contributed by atoms with van der Waals surface area (Å²) in [7, 11) is 0. The average molecular weight is 221 g/mol. The number of hydrogen-bond acceptors (Lipinski definition) is 3. The summed E-state index contributed by atoms with van der Waals surface area (Å²) in [6.45, 7) is 0.848. The van der Waals surface area contributed by atoms with E-state index in [1.54, 1.807) is 16.1 Å². The smallest absolute Gasteiger partial charge is 0.308 e. The van der Waals surface area contributed by atoms with Crippen molar-refractivity contribution in [3.63, 3.8) is 0 Å². The summed E-state index contributed by atoms with van der Waals surface area (Å²) in [5.41, 5.74) is 1.11. The number of benzene rings is 1. The molecule has 0 N–H and O–H groups in total. The van der Waals surface area contributed by atoms with Crippen LogP contribution in [-0.2, 0) is 18.1 Å². The van der Waals surface area contributed by atoms with Gasteiger partial charge in [0.1, 0.15) is 6.73 Å². The molecule has 0 saturated heterocycles. The van der Waals surface area contributed by atoms with Gasteiger partial charge in [0, 0.05) is 11.6 Å². The molecule has 3 nitrogen and oxygen atoms in total. The SMILES string of the molecule is O=c1sccn1COCc1ccccc1. The van der Waals surface area contributed by atoms with Gasteiger partial charge in [-0.3, -0.25) is 9.36 Å². The number of ether oxygens (including phenoxy) is 1. The van der Waals surface area contributed by atoms with Gasteiger partial charge < -0.3 is 4.74 Å².